The highest BCUT2D eigenvalue weighted by atomic mass is 35.5. The van der Waals surface area contributed by atoms with Crippen molar-refractivity contribution in [2.45, 2.75) is 25.6 Å². The Hall–Kier alpha value is -1.06. The summed E-state index contributed by atoms with van der Waals surface area (Å²) in [6.07, 6.45) is 1.19. The van der Waals surface area contributed by atoms with E-state index in [9.17, 15) is 0 Å². The lowest BCUT2D eigenvalue weighted by atomic mass is 10.2. The molecule has 116 valence electrons. The van der Waals surface area contributed by atoms with Gasteiger partial charge in [0.25, 0.3) is 0 Å². The van der Waals surface area contributed by atoms with Crippen molar-refractivity contribution in [3.63, 3.8) is 0 Å². The molecule has 1 saturated heterocycles. The normalized spacial score (nSPS) is 18.7. The quantitative estimate of drug-likeness (QED) is 0.873. The third-order valence-corrected chi connectivity index (χ3v) is 4.84. The maximum atomic E-state index is 6.05. The Morgan fingerprint density at radius 2 is 1.82 bits per heavy atom. The molecule has 0 amide bonds. The minimum absolute atomic E-state index is 0.540. The van der Waals surface area contributed by atoms with Gasteiger partial charge < -0.3 is 5.32 Å². The highest BCUT2D eigenvalue weighted by molar-refractivity contribution is 6.42. The first kappa shape index (κ1) is 15.8. The maximum absolute atomic E-state index is 6.05. The van der Waals surface area contributed by atoms with Crippen LogP contribution in [0.3, 0.4) is 0 Å². The second kappa shape index (κ2) is 7.47. The van der Waals surface area contributed by atoms with Crippen LogP contribution in [0.1, 0.15) is 17.5 Å². The molecule has 1 heterocycles. The van der Waals surface area contributed by atoms with Crippen LogP contribution in [0.4, 0.5) is 0 Å². The zero-order valence-corrected chi connectivity index (χ0v) is 13.9. The van der Waals surface area contributed by atoms with Crippen LogP contribution in [0.15, 0.2) is 48.5 Å². The van der Waals surface area contributed by atoms with Crippen LogP contribution in [-0.4, -0.2) is 24.0 Å². The lowest BCUT2D eigenvalue weighted by Gasteiger charge is -2.17. The van der Waals surface area contributed by atoms with E-state index in [-0.39, 0.29) is 0 Å². The molecule has 2 aromatic rings. The molecule has 0 aromatic heterocycles. The van der Waals surface area contributed by atoms with E-state index < -0.39 is 0 Å². The Bertz CT molecular complexity index is 616. The molecule has 0 aliphatic carbocycles. The lowest BCUT2D eigenvalue weighted by molar-refractivity contribution is 0.320. The van der Waals surface area contributed by atoms with E-state index in [1.807, 2.05) is 18.2 Å². The summed E-state index contributed by atoms with van der Waals surface area (Å²) >= 11 is 12.0. The Morgan fingerprint density at radius 3 is 2.59 bits per heavy atom. The summed E-state index contributed by atoms with van der Waals surface area (Å²) in [7, 11) is 0. The number of rotatable bonds is 5. The zero-order valence-electron chi connectivity index (χ0n) is 12.4. The van der Waals surface area contributed by atoms with E-state index in [0.29, 0.717) is 16.1 Å². The summed E-state index contributed by atoms with van der Waals surface area (Å²) in [6.45, 7) is 4.11. The largest absolute Gasteiger partial charge is 0.309 e. The van der Waals surface area contributed by atoms with Gasteiger partial charge in [-0.3, -0.25) is 4.90 Å². The van der Waals surface area contributed by atoms with Gasteiger partial charge in [0.2, 0.25) is 0 Å². The molecule has 1 fully saturated rings. The molecule has 0 saturated carbocycles. The van der Waals surface area contributed by atoms with E-state index in [1.165, 1.54) is 17.5 Å². The van der Waals surface area contributed by atoms with E-state index >= 15 is 0 Å². The van der Waals surface area contributed by atoms with Crippen molar-refractivity contribution in [2.75, 3.05) is 13.1 Å². The van der Waals surface area contributed by atoms with Crippen molar-refractivity contribution in [1.29, 1.82) is 0 Å². The Morgan fingerprint density at radius 1 is 1.00 bits per heavy atom. The average Bonchev–Trinajstić information content (AvgIpc) is 2.97. The third-order valence-electron chi connectivity index (χ3n) is 4.10. The maximum Gasteiger partial charge on any atom is 0.0595 e. The fraction of sp³-hybridized carbons (Fsp3) is 0.333. The summed E-state index contributed by atoms with van der Waals surface area (Å²) in [6, 6.07) is 17.0. The number of benzene rings is 2. The van der Waals surface area contributed by atoms with Crippen LogP contribution in [0.2, 0.25) is 10.0 Å². The summed E-state index contributed by atoms with van der Waals surface area (Å²) in [5.41, 5.74) is 2.56. The molecule has 2 aromatic carbocycles. The monoisotopic (exact) mass is 334 g/mol. The van der Waals surface area contributed by atoms with E-state index in [0.717, 1.165) is 26.2 Å². The average molecular weight is 335 g/mol. The van der Waals surface area contributed by atoms with Crippen LogP contribution in [0.5, 0.6) is 0 Å². The molecule has 0 bridgehead atoms. The lowest BCUT2D eigenvalue weighted by Crippen LogP contribution is -2.31. The smallest absolute Gasteiger partial charge is 0.0595 e. The molecule has 1 aliphatic rings. The zero-order chi connectivity index (χ0) is 15.4. The van der Waals surface area contributed by atoms with Gasteiger partial charge in [0, 0.05) is 32.2 Å². The molecular weight excluding hydrogens is 315 g/mol. The van der Waals surface area contributed by atoms with Gasteiger partial charge >= 0.3 is 0 Å². The number of nitrogens with zero attached hydrogens (tertiary/aromatic N) is 1. The van der Waals surface area contributed by atoms with Crippen molar-refractivity contribution in [1.82, 2.24) is 10.2 Å². The van der Waals surface area contributed by atoms with Crippen LogP contribution < -0.4 is 5.32 Å². The molecule has 3 rings (SSSR count). The fourth-order valence-electron chi connectivity index (χ4n) is 2.90. The molecule has 2 nitrogen and oxygen atoms in total. The number of hydrogen-bond donors (Lipinski definition) is 1. The van der Waals surface area contributed by atoms with Gasteiger partial charge in [-0.1, -0.05) is 59.6 Å². The van der Waals surface area contributed by atoms with Gasteiger partial charge in [-0.15, -0.1) is 0 Å². The SMILES string of the molecule is Clc1ccc(CN[C@H]2CCN(Cc3ccccc3)C2)cc1Cl. The predicted octanol–water partition coefficient (Wildman–Crippen LogP) is 4.36. The number of halogens is 2. The summed E-state index contributed by atoms with van der Waals surface area (Å²) in [4.78, 5) is 2.50. The highest BCUT2D eigenvalue weighted by Crippen LogP contribution is 2.22. The Labute approximate surface area is 142 Å². The molecule has 0 radical (unpaired) electrons. The summed E-state index contributed by atoms with van der Waals surface area (Å²) in [5, 5.41) is 4.85. The van der Waals surface area contributed by atoms with Gasteiger partial charge in [0.15, 0.2) is 0 Å². The van der Waals surface area contributed by atoms with Gasteiger partial charge in [-0.2, -0.15) is 0 Å². The minimum atomic E-state index is 0.540. The van der Waals surface area contributed by atoms with E-state index in [4.69, 9.17) is 23.2 Å². The van der Waals surface area contributed by atoms with E-state index in [1.54, 1.807) is 0 Å². The van der Waals surface area contributed by atoms with Crippen molar-refractivity contribution < 1.29 is 0 Å². The van der Waals surface area contributed by atoms with Gasteiger partial charge in [0.1, 0.15) is 0 Å². The fourth-order valence-corrected chi connectivity index (χ4v) is 3.22. The van der Waals surface area contributed by atoms with Gasteiger partial charge in [-0.05, 0) is 29.7 Å². The highest BCUT2D eigenvalue weighted by Gasteiger charge is 2.21. The topological polar surface area (TPSA) is 15.3 Å². The number of hydrogen-bond acceptors (Lipinski definition) is 2. The number of nitrogens with one attached hydrogen (secondary N) is 1. The molecular formula is C18H20Cl2N2. The molecule has 1 atom stereocenters. The van der Waals surface area contributed by atoms with Crippen LogP contribution in [0, 0.1) is 0 Å². The van der Waals surface area contributed by atoms with Crippen molar-refractivity contribution in [3.05, 3.63) is 69.7 Å². The molecule has 0 spiro atoms. The number of likely N-dealkylation sites (tertiary alicyclic amines) is 1. The first-order valence-corrected chi connectivity index (χ1v) is 8.40. The third kappa shape index (κ3) is 4.23. The first-order chi connectivity index (χ1) is 10.7. The predicted molar refractivity (Wildman–Crippen MR) is 93.4 cm³/mol. The summed E-state index contributed by atoms with van der Waals surface area (Å²) < 4.78 is 0. The van der Waals surface area contributed by atoms with Crippen molar-refractivity contribution in [2.24, 2.45) is 0 Å². The Balaban J connectivity index is 1.47. The van der Waals surface area contributed by atoms with Crippen molar-refractivity contribution in [3.8, 4) is 0 Å². The molecule has 22 heavy (non-hydrogen) atoms. The standard InChI is InChI=1S/C18H20Cl2N2/c19-17-7-6-15(10-18(17)20)11-21-16-8-9-22(13-16)12-14-4-2-1-3-5-14/h1-7,10,16,21H,8-9,11-13H2/t16-/m0/s1. The van der Waals surface area contributed by atoms with E-state index in [2.05, 4.69) is 40.5 Å². The molecule has 0 unspecified atom stereocenters. The first-order valence-electron chi connectivity index (χ1n) is 7.64. The van der Waals surface area contributed by atoms with Gasteiger partial charge in [0.05, 0.1) is 10.0 Å². The van der Waals surface area contributed by atoms with Gasteiger partial charge in [-0.25, -0.2) is 0 Å². The van der Waals surface area contributed by atoms with Crippen LogP contribution >= 0.6 is 23.2 Å². The molecule has 1 N–H and O–H groups in total. The van der Waals surface area contributed by atoms with Crippen LogP contribution in [-0.2, 0) is 13.1 Å². The Kier molecular flexibility index (Phi) is 5.37. The summed E-state index contributed by atoms with van der Waals surface area (Å²) in [5.74, 6) is 0. The second-order valence-corrected chi connectivity index (χ2v) is 6.65. The van der Waals surface area contributed by atoms with Crippen LogP contribution in [0.25, 0.3) is 0 Å². The second-order valence-electron chi connectivity index (χ2n) is 5.84. The molecule has 1 aliphatic heterocycles. The minimum Gasteiger partial charge on any atom is -0.309 e. The van der Waals surface area contributed by atoms with Crippen molar-refractivity contribution >= 4 is 23.2 Å². The molecule has 4 heteroatoms.